The van der Waals surface area contributed by atoms with E-state index in [2.05, 4.69) is 4.98 Å². The van der Waals surface area contributed by atoms with E-state index in [-0.39, 0.29) is 0 Å². The Labute approximate surface area is 82.8 Å². The molecular weight excluding hydrogens is 178 g/mol. The van der Waals surface area contributed by atoms with Gasteiger partial charge in [0.2, 0.25) is 0 Å². The lowest BCUT2D eigenvalue weighted by Crippen LogP contribution is -2.22. The molecule has 74 valence electrons. The molecule has 0 atom stereocenters. The van der Waals surface area contributed by atoms with Gasteiger partial charge in [-0.25, -0.2) is 0 Å². The predicted molar refractivity (Wildman–Crippen MR) is 52.3 cm³/mol. The van der Waals surface area contributed by atoms with E-state index in [9.17, 15) is 4.79 Å². The second kappa shape index (κ2) is 2.80. The van der Waals surface area contributed by atoms with Crippen LogP contribution in [0.4, 0.5) is 0 Å². The minimum Gasteiger partial charge on any atom is -0.481 e. The van der Waals surface area contributed by atoms with Crippen molar-refractivity contribution in [2.75, 3.05) is 0 Å². The van der Waals surface area contributed by atoms with Gasteiger partial charge in [0.05, 0.1) is 5.69 Å². The molecule has 1 fully saturated rings. The summed E-state index contributed by atoms with van der Waals surface area (Å²) >= 11 is 0. The molecule has 1 aromatic heterocycles. The highest BCUT2D eigenvalue weighted by Crippen LogP contribution is 2.48. The summed E-state index contributed by atoms with van der Waals surface area (Å²) in [6.07, 6.45) is 3.18. The van der Waals surface area contributed by atoms with Gasteiger partial charge < -0.3 is 5.11 Å². The van der Waals surface area contributed by atoms with Crippen LogP contribution in [0.1, 0.15) is 29.7 Å². The minimum atomic E-state index is -0.739. The third-order valence-corrected chi connectivity index (χ3v) is 2.83. The molecule has 0 radical (unpaired) electrons. The molecule has 2 rings (SSSR count). The number of nitrogens with zero attached hydrogens (tertiary/aromatic N) is 1. The lowest BCUT2D eigenvalue weighted by molar-refractivity contribution is -0.140. The molecule has 1 heterocycles. The summed E-state index contributed by atoms with van der Waals surface area (Å²) in [5.74, 6) is -0.739. The molecule has 1 N–H and O–H groups in total. The van der Waals surface area contributed by atoms with Gasteiger partial charge in [-0.1, -0.05) is 6.07 Å². The van der Waals surface area contributed by atoms with E-state index < -0.39 is 11.4 Å². The molecule has 1 aliphatic rings. The molecule has 1 aliphatic carbocycles. The standard InChI is InChI=1S/C11H13NO2/c1-7-5-8(2)9(12-6-7)11(3-4-11)10(13)14/h5-6H,3-4H2,1-2H3,(H,13,14). The number of hydrogen-bond donors (Lipinski definition) is 1. The smallest absolute Gasteiger partial charge is 0.315 e. The van der Waals surface area contributed by atoms with E-state index >= 15 is 0 Å². The van der Waals surface area contributed by atoms with E-state index in [1.807, 2.05) is 19.9 Å². The molecule has 0 bridgehead atoms. The van der Waals surface area contributed by atoms with Crippen molar-refractivity contribution < 1.29 is 9.90 Å². The summed E-state index contributed by atoms with van der Waals surface area (Å²) < 4.78 is 0. The molecular formula is C11H13NO2. The van der Waals surface area contributed by atoms with E-state index in [0.717, 1.165) is 29.7 Å². The highest BCUT2D eigenvalue weighted by molar-refractivity contribution is 5.84. The van der Waals surface area contributed by atoms with Crippen LogP contribution < -0.4 is 0 Å². The summed E-state index contributed by atoms with van der Waals surface area (Å²) in [5, 5.41) is 9.11. The van der Waals surface area contributed by atoms with Crippen molar-refractivity contribution in [1.29, 1.82) is 0 Å². The lowest BCUT2D eigenvalue weighted by Gasteiger charge is -2.12. The number of hydrogen-bond acceptors (Lipinski definition) is 2. The number of rotatable bonds is 2. The second-order valence-corrected chi connectivity index (χ2v) is 4.07. The van der Waals surface area contributed by atoms with Gasteiger partial charge in [0.1, 0.15) is 5.41 Å². The Morgan fingerprint density at radius 1 is 1.50 bits per heavy atom. The third kappa shape index (κ3) is 1.20. The molecule has 0 saturated heterocycles. The van der Waals surface area contributed by atoms with Crippen LogP contribution in [-0.4, -0.2) is 16.1 Å². The average molecular weight is 191 g/mol. The van der Waals surface area contributed by atoms with Crippen molar-refractivity contribution >= 4 is 5.97 Å². The van der Waals surface area contributed by atoms with Crippen LogP contribution >= 0.6 is 0 Å². The summed E-state index contributed by atoms with van der Waals surface area (Å²) in [7, 11) is 0. The fourth-order valence-electron chi connectivity index (χ4n) is 1.89. The summed E-state index contributed by atoms with van der Waals surface area (Å²) in [5.41, 5.74) is 2.14. The van der Waals surface area contributed by atoms with E-state index in [1.165, 1.54) is 0 Å². The molecule has 0 aromatic carbocycles. The number of carboxylic acids is 1. The first-order valence-electron chi connectivity index (χ1n) is 4.73. The van der Waals surface area contributed by atoms with E-state index in [0.29, 0.717) is 0 Å². The molecule has 1 saturated carbocycles. The summed E-state index contributed by atoms with van der Waals surface area (Å²) in [6.45, 7) is 3.89. The zero-order valence-electron chi connectivity index (χ0n) is 8.37. The maximum absolute atomic E-state index is 11.1. The number of carboxylic acid groups (broad SMARTS) is 1. The number of carbonyl (C=O) groups is 1. The normalized spacial score (nSPS) is 17.9. The molecule has 14 heavy (non-hydrogen) atoms. The highest BCUT2D eigenvalue weighted by Gasteiger charge is 2.53. The number of aliphatic carboxylic acids is 1. The number of pyridine rings is 1. The van der Waals surface area contributed by atoms with Gasteiger partial charge in [-0.05, 0) is 37.8 Å². The molecule has 3 nitrogen and oxygen atoms in total. The first kappa shape index (κ1) is 9.19. The van der Waals surface area contributed by atoms with Crippen LogP contribution in [0, 0.1) is 13.8 Å². The van der Waals surface area contributed by atoms with Gasteiger partial charge in [-0.2, -0.15) is 0 Å². The maximum atomic E-state index is 11.1. The van der Waals surface area contributed by atoms with Crippen molar-refractivity contribution in [3.63, 3.8) is 0 Å². The van der Waals surface area contributed by atoms with Crippen LogP contribution in [0.15, 0.2) is 12.3 Å². The van der Waals surface area contributed by atoms with Crippen molar-refractivity contribution in [3.8, 4) is 0 Å². The fourth-order valence-corrected chi connectivity index (χ4v) is 1.89. The quantitative estimate of drug-likeness (QED) is 0.775. The predicted octanol–water partition coefficient (Wildman–Crippen LogP) is 1.81. The van der Waals surface area contributed by atoms with Crippen LogP contribution in [0.25, 0.3) is 0 Å². The molecule has 1 aromatic rings. The monoisotopic (exact) mass is 191 g/mol. The maximum Gasteiger partial charge on any atom is 0.315 e. The Morgan fingerprint density at radius 2 is 2.14 bits per heavy atom. The largest absolute Gasteiger partial charge is 0.481 e. The Bertz CT molecular complexity index is 394. The average Bonchev–Trinajstić information content (AvgIpc) is 2.84. The number of aryl methyl sites for hydroxylation is 2. The topological polar surface area (TPSA) is 50.2 Å². The summed E-state index contributed by atoms with van der Waals surface area (Å²) in [4.78, 5) is 15.3. The van der Waals surface area contributed by atoms with Gasteiger partial charge in [-0.3, -0.25) is 9.78 Å². The molecule has 0 unspecified atom stereocenters. The summed E-state index contributed by atoms with van der Waals surface area (Å²) in [6, 6.07) is 1.99. The van der Waals surface area contributed by atoms with Gasteiger partial charge in [0.25, 0.3) is 0 Å². The SMILES string of the molecule is Cc1cnc(C2(C(=O)O)CC2)c(C)c1. The molecule has 0 aliphatic heterocycles. The van der Waals surface area contributed by atoms with Gasteiger partial charge in [0.15, 0.2) is 0 Å². The van der Waals surface area contributed by atoms with Crippen LogP contribution in [0.3, 0.4) is 0 Å². The zero-order chi connectivity index (χ0) is 10.3. The van der Waals surface area contributed by atoms with Crippen molar-refractivity contribution in [1.82, 2.24) is 4.98 Å². The Balaban J connectivity index is 2.47. The van der Waals surface area contributed by atoms with E-state index in [4.69, 9.17) is 5.11 Å². The van der Waals surface area contributed by atoms with Crippen LogP contribution in [-0.2, 0) is 10.2 Å². The van der Waals surface area contributed by atoms with Crippen LogP contribution in [0.2, 0.25) is 0 Å². The first-order chi connectivity index (χ1) is 6.56. The molecule has 0 amide bonds. The minimum absolute atomic E-state index is 0.669. The highest BCUT2D eigenvalue weighted by atomic mass is 16.4. The van der Waals surface area contributed by atoms with Crippen molar-refractivity contribution in [2.24, 2.45) is 0 Å². The van der Waals surface area contributed by atoms with E-state index in [1.54, 1.807) is 6.20 Å². The fraction of sp³-hybridized carbons (Fsp3) is 0.455. The Hall–Kier alpha value is -1.38. The van der Waals surface area contributed by atoms with Gasteiger partial charge in [0, 0.05) is 6.20 Å². The Kier molecular flexibility index (Phi) is 1.84. The lowest BCUT2D eigenvalue weighted by atomic mass is 9.97. The van der Waals surface area contributed by atoms with Crippen molar-refractivity contribution in [3.05, 3.63) is 29.1 Å². The third-order valence-electron chi connectivity index (χ3n) is 2.83. The van der Waals surface area contributed by atoms with Gasteiger partial charge in [-0.15, -0.1) is 0 Å². The second-order valence-electron chi connectivity index (χ2n) is 4.07. The van der Waals surface area contributed by atoms with Gasteiger partial charge >= 0.3 is 5.97 Å². The van der Waals surface area contributed by atoms with Crippen LogP contribution in [0.5, 0.6) is 0 Å². The first-order valence-corrected chi connectivity index (χ1v) is 4.73. The zero-order valence-corrected chi connectivity index (χ0v) is 8.37. The van der Waals surface area contributed by atoms with Crippen molar-refractivity contribution in [2.45, 2.75) is 32.1 Å². The Morgan fingerprint density at radius 3 is 2.57 bits per heavy atom. The molecule has 0 spiro atoms. The number of aromatic nitrogens is 1. The molecule has 3 heteroatoms.